The molecule has 1 saturated heterocycles. The second-order valence-electron chi connectivity index (χ2n) is 8.48. The SMILES string of the molecule is O=C(O)C=Cc1c(N2CCOCC2)nc2cc(CCc3nc(C4CCC4)cs3)ccn2c1=O. The molecule has 1 saturated carbocycles. The number of carboxylic acid groups (broad SMARTS) is 1. The first-order valence-electron chi connectivity index (χ1n) is 11.3. The lowest BCUT2D eigenvalue weighted by Gasteiger charge is -2.29. The molecule has 8 nitrogen and oxygen atoms in total. The number of thiazole rings is 1. The van der Waals surface area contributed by atoms with Gasteiger partial charge in [-0.3, -0.25) is 9.20 Å². The second-order valence-corrected chi connectivity index (χ2v) is 9.43. The van der Waals surface area contributed by atoms with Crippen molar-refractivity contribution in [2.24, 2.45) is 0 Å². The molecule has 0 amide bonds. The van der Waals surface area contributed by atoms with Gasteiger partial charge in [0, 0.05) is 43.1 Å². The predicted octanol–water partition coefficient (Wildman–Crippen LogP) is 3.14. The van der Waals surface area contributed by atoms with Gasteiger partial charge in [-0.15, -0.1) is 11.3 Å². The number of anilines is 1. The van der Waals surface area contributed by atoms with E-state index in [2.05, 4.69) is 5.38 Å². The van der Waals surface area contributed by atoms with Crippen LogP contribution in [0.1, 0.15) is 47.0 Å². The van der Waals surface area contributed by atoms with Crippen LogP contribution in [0.5, 0.6) is 0 Å². The van der Waals surface area contributed by atoms with Crippen molar-refractivity contribution in [2.45, 2.75) is 38.0 Å². The van der Waals surface area contributed by atoms with Crippen molar-refractivity contribution in [3.63, 3.8) is 0 Å². The molecule has 2 aliphatic rings. The zero-order valence-corrected chi connectivity index (χ0v) is 19.1. The summed E-state index contributed by atoms with van der Waals surface area (Å²) in [7, 11) is 0. The zero-order valence-electron chi connectivity index (χ0n) is 18.3. The van der Waals surface area contributed by atoms with E-state index in [4.69, 9.17) is 19.8 Å². The Balaban J connectivity index is 1.43. The minimum atomic E-state index is -1.11. The highest BCUT2D eigenvalue weighted by Gasteiger charge is 2.22. The molecule has 0 spiro atoms. The van der Waals surface area contributed by atoms with Gasteiger partial charge in [-0.2, -0.15) is 0 Å². The molecule has 9 heteroatoms. The lowest BCUT2D eigenvalue weighted by atomic mass is 9.83. The smallest absolute Gasteiger partial charge is 0.328 e. The molecule has 0 radical (unpaired) electrons. The number of carbonyl (C=O) groups is 1. The first kappa shape index (κ1) is 21.8. The van der Waals surface area contributed by atoms with Gasteiger partial charge in [-0.25, -0.2) is 14.8 Å². The van der Waals surface area contributed by atoms with Gasteiger partial charge in [0.25, 0.3) is 5.56 Å². The molecule has 2 fully saturated rings. The molecule has 33 heavy (non-hydrogen) atoms. The van der Waals surface area contributed by atoms with E-state index in [-0.39, 0.29) is 11.1 Å². The summed E-state index contributed by atoms with van der Waals surface area (Å²) in [4.78, 5) is 35.9. The van der Waals surface area contributed by atoms with Crippen LogP contribution >= 0.6 is 11.3 Å². The summed E-state index contributed by atoms with van der Waals surface area (Å²) in [6, 6.07) is 3.87. The molecule has 1 aliphatic carbocycles. The van der Waals surface area contributed by atoms with Crippen LogP contribution in [-0.2, 0) is 22.4 Å². The van der Waals surface area contributed by atoms with E-state index in [9.17, 15) is 9.59 Å². The highest BCUT2D eigenvalue weighted by Crippen LogP contribution is 2.36. The van der Waals surface area contributed by atoms with Crippen LogP contribution in [0.25, 0.3) is 11.7 Å². The van der Waals surface area contributed by atoms with Crippen LogP contribution in [0.2, 0.25) is 0 Å². The molecule has 0 unspecified atom stereocenters. The molecule has 5 rings (SSSR count). The second kappa shape index (κ2) is 9.44. The highest BCUT2D eigenvalue weighted by atomic mass is 32.1. The van der Waals surface area contributed by atoms with Gasteiger partial charge in [0.1, 0.15) is 11.5 Å². The van der Waals surface area contributed by atoms with Crippen molar-refractivity contribution in [1.82, 2.24) is 14.4 Å². The summed E-state index contributed by atoms with van der Waals surface area (Å²) in [5.74, 6) is 0.0446. The van der Waals surface area contributed by atoms with Crippen LogP contribution in [0.3, 0.4) is 0 Å². The quantitative estimate of drug-likeness (QED) is 0.534. The summed E-state index contributed by atoms with van der Waals surface area (Å²) in [6.07, 6.45) is 9.53. The molecule has 0 aromatic carbocycles. The van der Waals surface area contributed by atoms with Crippen LogP contribution in [-0.4, -0.2) is 51.7 Å². The zero-order chi connectivity index (χ0) is 22.8. The van der Waals surface area contributed by atoms with Crippen LogP contribution in [0, 0.1) is 0 Å². The van der Waals surface area contributed by atoms with Gasteiger partial charge < -0.3 is 14.7 Å². The average Bonchev–Trinajstić information content (AvgIpc) is 3.24. The fourth-order valence-corrected chi connectivity index (χ4v) is 5.12. The Morgan fingerprint density at radius 2 is 2.06 bits per heavy atom. The van der Waals surface area contributed by atoms with Crippen LogP contribution in [0.15, 0.2) is 34.6 Å². The topological polar surface area (TPSA) is 97.0 Å². The third kappa shape index (κ3) is 4.69. The monoisotopic (exact) mass is 466 g/mol. The number of aromatic nitrogens is 3. The van der Waals surface area contributed by atoms with E-state index in [0.29, 0.717) is 43.7 Å². The molecule has 1 aliphatic heterocycles. The first-order chi connectivity index (χ1) is 16.1. The van der Waals surface area contributed by atoms with E-state index < -0.39 is 5.97 Å². The number of hydrogen-bond donors (Lipinski definition) is 1. The lowest BCUT2D eigenvalue weighted by Crippen LogP contribution is -2.38. The molecule has 172 valence electrons. The average molecular weight is 467 g/mol. The maximum Gasteiger partial charge on any atom is 0.328 e. The molecule has 4 heterocycles. The molecule has 0 bridgehead atoms. The number of nitrogens with zero attached hydrogens (tertiary/aromatic N) is 4. The Kier molecular flexibility index (Phi) is 6.24. The third-order valence-electron chi connectivity index (χ3n) is 6.33. The number of fused-ring (bicyclic) bond motifs is 1. The predicted molar refractivity (Wildman–Crippen MR) is 127 cm³/mol. The number of rotatable bonds is 7. The Labute approximate surface area is 195 Å². The van der Waals surface area contributed by atoms with Gasteiger partial charge in [-0.05, 0) is 43.0 Å². The Bertz CT molecular complexity index is 1260. The van der Waals surface area contributed by atoms with Gasteiger partial charge in [-0.1, -0.05) is 6.42 Å². The summed E-state index contributed by atoms with van der Waals surface area (Å²) in [5.41, 5.74) is 2.88. The van der Waals surface area contributed by atoms with Crippen molar-refractivity contribution < 1.29 is 14.6 Å². The van der Waals surface area contributed by atoms with E-state index >= 15 is 0 Å². The number of carboxylic acids is 1. The van der Waals surface area contributed by atoms with E-state index in [1.54, 1.807) is 17.5 Å². The largest absolute Gasteiger partial charge is 0.478 e. The summed E-state index contributed by atoms with van der Waals surface area (Å²) < 4.78 is 6.91. The highest BCUT2D eigenvalue weighted by molar-refractivity contribution is 7.09. The minimum absolute atomic E-state index is 0.274. The summed E-state index contributed by atoms with van der Waals surface area (Å²) in [6.45, 7) is 2.28. The van der Waals surface area contributed by atoms with E-state index in [1.165, 1.54) is 35.4 Å². The molecular weight excluding hydrogens is 440 g/mol. The van der Waals surface area contributed by atoms with Gasteiger partial charge in [0.05, 0.1) is 29.5 Å². The molecule has 1 N–H and O–H groups in total. The lowest BCUT2D eigenvalue weighted by molar-refractivity contribution is -0.131. The normalized spacial score (nSPS) is 17.0. The van der Waals surface area contributed by atoms with Crippen molar-refractivity contribution >= 4 is 34.8 Å². The van der Waals surface area contributed by atoms with Crippen molar-refractivity contribution in [2.75, 3.05) is 31.2 Å². The molecular formula is C24H26N4O4S. The van der Waals surface area contributed by atoms with Crippen molar-refractivity contribution in [3.8, 4) is 0 Å². The number of aliphatic carboxylic acids is 1. The summed E-state index contributed by atoms with van der Waals surface area (Å²) >= 11 is 1.73. The number of hydrogen-bond acceptors (Lipinski definition) is 7. The molecule has 3 aromatic rings. The maximum atomic E-state index is 13.2. The van der Waals surface area contributed by atoms with Crippen molar-refractivity contribution in [1.29, 1.82) is 0 Å². The standard InChI is InChI=1S/C24H26N4O4S/c29-22(30)7-5-18-23(27-10-12-32-13-11-27)26-20-14-16(8-9-28(20)24(18)31)4-6-21-25-19(15-33-21)17-2-1-3-17/h5,7-9,14-15,17H,1-4,6,10-13H2,(H,29,30). The molecule has 3 aromatic heterocycles. The number of pyridine rings is 1. The number of aryl methyl sites for hydroxylation is 2. The van der Waals surface area contributed by atoms with Gasteiger partial charge in [0.15, 0.2) is 0 Å². The fraction of sp³-hybridized carbons (Fsp3) is 0.417. The number of ether oxygens (including phenoxy) is 1. The summed E-state index contributed by atoms with van der Waals surface area (Å²) in [5, 5.41) is 12.4. The molecule has 0 atom stereocenters. The third-order valence-corrected chi connectivity index (χ3v) is 7.26. The van der Waals surface area contributed by atoms with Crippen LogP contribution in [0.4, 0.5) is 5.82 Å². The number of morpholine rings is 1. The minimum Gasteiger partial charge on any atom is -0.478 e. The fourth-order valence-electron chi connectivity index (χ4n) is 4.24. The first-order valence-corrected chi connectivity index (χ1v) is 12.2. The van der Waals surface area contributed by atoms with Gasteiger partial charge in [0.2, 0.25) is 0 Å². The van der Waals surface area contributed by atoms with E-state index in [1.807, 2.05) is 17.0 Å². The van der Waals surface area contributed by atoms with E-state index in [0.717, 1.165) is 29.5 Å². The maximum absolute atomic E-state index is 13.2. The van der Waals surface area contributed by atoms with Crippen molar-refractivity contribution in [3.05, 3.63) is 62.0 Å². The van der Waals surface area contributed by atoms with Crippen LogP contribution < -0.4 is 10.5 Å². The Morgan fingerprint density at radius 1 is 1.24 bits per heavy atom. The van der Waals surface area contributed by atoms with Gasteiger partial charge >= 0.3 is 5.97 Å². The Hall–Kier alpha value is -3.04. The Morgan fingerprint density at radius 3 is 2.79 bits per heavy atom.